The number of likely N-dealkylation sites (N-methyl/N-ethyl adjacent to an activating group) is 1. The molecule has 2 amide bonds. The molecule has 1 aromatic heterocycles. The Hall–Kier alpha value is -1.82. The zero-order chi connectivity index (χ0) is 17.2. The lowest BCUT2D eigenvalue weighted by Crippen LogP contribution is -2.49. The van der Waals surface area contributed by atoms with Gasteiger partial charge < -0.3 is 19.7 Å². The van der Waals surface area contributed by atoms with Crippen molar-refractivity contribution in [3.63, 3.8) is 0 Å². The number of likely N-dealkylation sites (tertiary alicyclic amines) is 2. The molecule has 2 aliphatic rings. The molecule has 0 aliphatic carbocycles. The van der Waals surface area contributed by atoms with Crippen LogP contribution >= 0.6 is 0 Å². The van der Waals surface area contributed by atoms with Crippen molar-refractivity contribution < 1.29 is 9.59 Å². The van der Waals surface area contributed by atoms with E-state index in [4.69, 9.17) is 0 Å². The van der Waals surface area contributed by atoms with Gasteiger partial charge in [-0.2, -0.15) is 0 Å². The van der Waals surface area contributed by atoms with Gasteiger partial charge in [-0.15, -0.1) is 0 Å². The molecule has 2 saturated heterocycles. The molecular weight excluding hydrogens is 304 g/mol. The summed E-state index contributed by atoms with van der Waals surface area (Å²) in [5.74, 6) is 0.349. The summed E-state index contributed by atoms with van der Waals surface area (Å²) in [7, 11) is 4.08. The van der Waals surface area contributed by atoms with Gasteiger partial charge in [0.15, 0.2) is 0 Å². The van der Waals surface area contributed by atoms with Crippen LogP contribution in [-0.2, 0) is 4.79 Å². The predicted molar refractivity (Wildman–Crippen MR) is 92.8 cm³/mol. The number of hydrogen-bond donors (Lipinski definition) is 1. The second-order valence-corrected chi connectivity index (χ2v) is 7.30. The van der Waals surface area contributed by atoms with Gasteiger partial charge in [0, 0.05) is 44.3 Å². The summed E-state index contributed by atoms with van der Waals surface area (Å²) in [5, 5.41) is 0. The van der Waals surface area contributed by atoms with Gasteiger partial charge in [0.2, 0.25) is 5.91 Å². The van der Waals surface area contributed by atoms with Crippen LogP contribution < -0.4 is 0 Å². The summed E-state index contributed by atoms with van der Waals surface area (Å²) in [5.41, 5.74) is 0.607. The average Bonchev–Trinajstić information content (AvgIpc) is 3.12. The van der Waals surface area contributed by atoms with Crippen LogP contribution in [0, 0.1) is 0 Å². The van der Waals surface area contributed by atoms with E-state index in [1.54, 1.807) is 6.20 Å². The summed E-state index contributed by atoms with van der Waals surface area (Å²) in [6.07, 6.45) is 6.21. The molecule has 1 atom stereocenters. The third kappa shape index (κ3) is 3.34. The lowest BCUT2D eigenvalue weighted by atomic mass is 9.87. The minimum absolute atomic E-state index is 0.0438. The molecule has 2 aliphatic heterocycles. The predicted octanol–water partition coefficient (Wildman–Crippen LogP) is 1.56. The van der Waals surface area contributed by atoms with Crippen molar-refractivity contribution in [2.45, 2.75) is 37.6 Å². The fraction of sp³-hybridized carbons (Fsp3) is 0.667. The quantitative estimate of drug-likeness (QED) is 0.910. The van der Waals surface area contributed by atoms with Crippen LogP contribution in [-0.4, -0.2) is 77.3 Å². The van der Waals surface area contributed by atoms with Crippen LogP contribution in [0.15, 0.2) is 18.3 Å². The van der Waals surface area contributed by atoms with Crippen LogP contribution in [0.25, 0.3) is 0 Å². The minimum atomic E-state index is -0.0438. The Kier molecular flexibility index (Phi) is 4.94. The van der Waals surface area contributed by atoms with E-state index < -0.39 is 0 Å². The topological polar surface area (TPSA) is 59.6 Å². The molecule has 3 rings (SSSR count). The van der Waals surface area contributed by atoms with E-state index in [0.29, 0.717) is 12.1 Å². The molecule has 0 aromatic carbocycles. The van der Waals surface area contributed by atoms with Crippen LogP contribution in [0.5, 0.6) is 0 Å². The number of carbonyl (C=O) groups excluding carboxylic acids is 2. The number of amides is 2. The Morgan fingerprint density at radius 3 is 2.83 bits per heavy atom. The first-order chi connectivity index (χ1) is 11.5. The summed E-state index contributed by atoms with van der Waals surface area (Å²) in [6.45, 7) is 3.17. The summed E-state index contributed by atoms with van der Waals surface area (Å²) in [6, 6.07) is 3.68. The van der Waals surface area contributed by atoms with Gasteiger partial charge in [0.25, 0.3) is 5.91 Å². The number of carbonyl (C=O) groups is 2. The van der Waals surface area contributed by atoms with Crippen molar-refractivity contribution in [2.24, 2.45) is 0 Å². The third-order valence-electron chi connectivity index (χ3n) is 5.48. The molecule has 24 heavy (non-hydrogen) atoms. The van der Waals surface area contributed by atoms with Gasteiger partial charge in [-0.1, -0.05) is 0 Å². The Bertz CT molecular complexity index is 584. The van der Waals surface area contributed by atoms with Crippen molar-refractivity contribution in [3.8, 4) is 0 Å². The van der Waals surface area contributed by atoms with Gasteiger partial charge in [0.1, 0.15) is 5.69 Å². The van der Waals surface area contributed by atoms with Crippen molar-refractivity contribution in [1.29, 1.82) is 0 Å². The number of aromatic nitrogens is 1. The second-order valence-electron chi connectivity index (χ2n) is 7.30. The number of H-pyrrole nitrogens is 1. The summed E-state index contributed by atoms with van der Waals surface area (Å²) in [4.78, 5) is 34.2. The number of nitrogens with one attached hydrogen (secondary N) is 1. The smallest absolute Gasteiger partial charge is 0.270 e. The molecule has 0 bridgehead atoms. The lowest BCUT2D eigenvalue weighted by Gasteiger charge is -2.38. The first-order valence-electron chi connectivity index (χ1n) is 8.90. The highest BCUT2D eigenvalue weighted by atomic mass is 16.2. The Balaban J connectivity index is 1.69. The van der Waals surface area contributed by atoms with Gasteiger partial charge >= 0.3 is 0 Å². The first kappa shape index (κ1) is 17.0. The summed E-state index contributed by atoms with van der Waals surface area (Å²) < 4.78 is 0. The van der Waals surface area contributed by atoms with E-state index in [9.17, 15) is 9.59 Å². The molecule has 0 radical (unpaired) electrons. The highest BCUT2D eigenvalue weighted by Gasteiger charge is 2.45. The molecule has 0 unspecified atom stereocenters. The molecule has 1 aromatic rings. The highest BCUT2D eigenvalue weighted by molar-refractivity contribution is 5.92. The maximum Gasteiger partial charge on any atom is 0.270 e. The number of hydrogen-bond acceptors (Lipinski definition) is 3. The fourth-order valence-electron chi connectivity index (χ4n) is 4.07. The third-order valence-corrected chi connectivity index (χ3v) is 5.48. The van der Waals surface area contributed by atoms with Crippen molar-refractivity contribution >= 4 is 11.8 Å². The molecule has 6 nitrogen and oxygen atoms in total. The Morgan fingerprint density at radius 2 is 2.12 bits per heavy atom. The number of aromatic amines is 1. The standard InChI is InChI=1S/C18H28N4O2/c1-20(2)13-14-22-16(23)6-8-18(22)7-4-11-21(12-9-18)17(24)15-5-3-10-19-15/h3,5,10,19H,4,6-9,11-14H2,1-2H3/t18-/m0/s1. The number of rotatable bonds is 4. The average molecular weight is 332 g/mol. The van der Waals surface area contributed by atoms with E-state index in [1.165, 1.54) is 0 Å². The fourth-order valence-corrected chi connectivity index (χ4v) is 4.07. The zero-order valence-corrected chi connectivity index (χ0v) is 14.8. The molecule has 6 heteroatoms. The van der Waals surface area contributed by atoms with Crippen LogP contribution in [0.3, 0.4) is 0 Å². The molecule has 1 spiro atoms. The zero-order valence-electron chi connectivity index (χ0n) is 14.8. The van der Waals surface area contributed by atoms with E-state index in [2.05, 4.69) is 14.8 Å². The normalized spacial score (nSPS) is 24.9. The van der Waals surface area contributed by atoms with Crippen LogP contribution in [0.4, 0.5) is 0 Å². The van der Waals surface area contributed by atoms with Crippen LogP contribution in [0.1, 0.15) is 42.6 Å². The monoisotopic (exact) mass is 332 g/mol. The highest BCUT2D eigenvalue weighted by Crippen LogP contribution is 2.39. The molecule has 3 heterocycles. The maximum absolute atomic E-state index is 12.6. The molecular formula is C18H28N4O2. The Labute approximate surface area is 143 Å². The van der Waals surface area contributed by atoms with Crippen LogP contribution in [0.2, 0.25) is 0 Å². The molecule has 1 N–H and O–H groups in total. The van der Waals surface area contributed by atoms with Crippen molar-refractivity contribution in [1.82, 2.24) is 19.7 Å². The molecule has 2 fully saturated rings. The molecule has 132 valence electrons. The van der Waals surface area contributed by atoms with Crippen molar-refractivity contribution in [2.75, 3.05) is 40.3 Å². The van der Waals surface area contributed by atoms with E-state index in [-0.39, 0.29) is 17.4 Å². The Morgan fingerprint density at radius 1 is 1.29 bits per heavy atom. The first-order valence-corrected chi connectivity index (χ1v) is 8.90. The van der Waals surface area contributed by atoms with E-state index in [0.717, 1.165) is 51.9 Å². The molecule has 0 saturated carbocycles. The van der Waals surface area contributed by atoms with Gasteiger partial charge in [-0.3, -0.25) is 9.59 Å². The van der Waals surface area contributed by atoms with E-state index >= 15 is 0 Å². The van der Waals surface area contributed by atoms with Gasteiger partial charge in [-0.25, -0.2) is 0 Å². The van der Waals surface area contributed by atoms with Crippen molar-refractivity contribution in [3.05, 3.63) is 24.0 Å². The largest absolute Gasteiger partial charge is 0.357 e. The summed E-state index contributed by atoms with van der Waals surface area (Å²) >= 11 is 0. The maximum atomic E-state index is 12.6. The van der Waals surface area contributed by atoms with Gasteiger partial charge in [-0.05, 0) is 51.9 Å². The minimum Gasteiger partial charge on any atom is -0.357 e. The number of nitrogens with zero attached hydrogens (tertiary/aromatic N) is 3. The SMILES string of the molecule is CN(C)CCN1C(=O)CC[C@]12CCCN(C(=O)c1ccc[nH]1)CC2. The van der Waals surface area contributed by atoms with E-state index in [1.807, 2.05) is 31.1 Å². The second kappa shape index (κ2) is 6.97. The lowest BCUT2D eigenvalue weighted by molar-refractivity contribution is -0.131. The van der Waals surface area contributed by atoms with Gasteiger partial charge in [0.05, 0.1) is 0 Å².